The molecule has 2 aromatic rings. The Labute approximate surface area is 249 Å². The number of hydrogen-bond acceptors (Lipinski definition) is 6. The lowest BCUT2D eigenvalue weighted by molar-refractivity contribution is -0.143. The van der Waals surface area contributed by atoms with Crippen molar-refractivity contribution in [1.82, 2.24) is 0 Å². The second-order valence-corrected chi connectivity index (χ2v) is 11.4. The smallest absolute Gasteiger partial charge is 0.455 e. The first kappa shape index (κ1) is 32.1. The zero-order chi connectivity index (χ0) is 32.1. The lowest BCUT2D eigenvalue weighted by atomic mass is 9.58. The number of rotatable bonds is 7. The Morgan fingerprint density at radius 3 is 2.27 bits per heavy atom. The summed E-state index contributed by atoms with van der Waals surface area (Å²) in [6.45, 7) is 3.48. The minimum atomic E-state index is -5.15. The van der Waals surface area contributed by atoms with Gasteiger partial charge in [0.1, 0.15) is 18.1 Å². The Bertz CT molecular complexity index is 1480. The minimum Gasteiger partial charge on any atom is -0.459 e. The van der Waals surface area contributed by atoms with Crippen LogP contribution in [0.25, 0.3) is 6.08 Å². The average molecular weight is 625 g/mol. The van der Waals surface area contributed by atoms with Crippen molar-refractivity contribution in [2.45, 2.75) is 70.9 Å². The number of carbonyl (C=O) groups excluding carboxylic acids is 2. The number of benzene rings is 1. The highest BCUT2D eigenvalue weighted by molar-refractivity contribution is 6.43. The molecule has 4 atom stereocenters. The SMILES string of the molecule is CCC1=C2[C@@H](CC/C(C)=C/c3ccc(CO)o3)OB(O)C[C@@H]2[C@@H]2C(=O)N(c3cc(C(F)(F)F)cc(C(F)(F)F)c3)C(=O)[C@@H]2C1. The van der Waals surface area contributed by atoms with Gasteiger partial charge in [-0.2, -0.15) is 26.3 Å². The van der Waals surface area contributed by atoms with Crippen LogP contribution in [0.1, 0.15) is 62.2 Å². The predicted molar refractivity (Wildman–Crippen MR) is 147 cm³/mol. The number of aliphatic hydroxyl groups excluding tert-OH is 1. The summed E-state index contributed by atoms with van der Waals surface area (Å²) in [5.41, 5.74) is -1.58. The highest BCUT2D eigenvalue weighted by atomic mass is 19.4. The Balaban J connectivity index is 1.45. The van der Waals surface area contributed by atoms with E-state index >= 15 is 0 Å². The molecule has 14 heteroatoms. The number of alkyl halides is 6. The molecule has 0 bridgehead atoms. The summed E-state index contributed by atoms with van der Waals surface area (Å²) in [7, 11) is -1.30. The molecule has 3 heterocycles. The molecule has 1 aromatic heterocycles. The number of anilines is 1. The summed E-state index contributed by atoms with van der Waals surface area (Å²) in [5, 5.41) is 19.9. The molecule has 3 aliphatic rings. The molecule has 0 unspecified atom stereocenters. The van der Waals surface area contributed by atoms with Crippen molar-refractivity contribution in [2.24, 2.45) is 17.8 Å². The highest BCUT2D eigenvalue weighted by Crippen LogP contribution is 2.52. The summed E-state index contributed by atoms with van der Waals surface area (Å²) in [5.74, 6) is -3.57. The van der Waals surface area contributed by atoms with Crippen molar-refractivity contribution in [1.29, 1.82) is 0 Å². The van der Waals surface area contributed by atoms with Crippen LogP contribution in [0, 0.1) is 17.8 Å². The minimum absolute atomic E-state index is 0.0507. The first-order valence-corrected chi connectivity index (χ1v) is 14.2. The van der Waals surface area contributed by atoms with Crippen molar-refractivity contribution in [3.63, 3.8) is 0 Å². The molecule has 5 rings (SSSR count). The van der Waals surface area contributed by atoms with E-state index in [9.17, 15) is 46.1 Å². The maximum absolute atomic E-state index is 13.8. The maximum atomic E-state index is 13.8. The van der Waals surface area contributed by atoms with Gasteiger partial charge in [-0.25, -0.2) is 4.90 Å². The quantitative estimate of drug-likeness (QED) is 0.160. The number of amides is 2. The number of fused-ring (bicyclic) bond motifs is 3. The molecule has 0 spiro atoms. The molecule has 0 saturated carbocycles. The van der Waals surface area contributed by atoms with Crippen LogP contribution in [0.5, 0.6) is 0 Å². The number of hydrogen-bond donors (Lipinski definition) is 2. The first-order valence-electron chi connectivity index (χ1n) is 14.2. The van der Waals surface area contributed by atoms with Gasteiger partial charge in [-0.15, -0.1) is 0 Å². The Kier molecular flexibility index (Phi) is 8.64. The van der Waals surface area contributed by atoms with Gasteiger partial charge in [0.05, 0.1) is 34.8 Å². The number of allylic oxidation sites excluding steroid dienone is 2. The van der Waals surface area contributed by atoms with Gasteiger partial charge in [0, 0.05) is 0 Å². The number of imide groups is 1. The van der Waals surface area contributed by atoms with Crippen LogP contribution in [-0.4, -0.2) is 35.2 Å². The first-order chi connectivity index (χ1) is 20.6. The zero-order valence-corrected chi connectivity index (χ0v) is 23.8. The lowest BCUT2D eigenvalue weighted by Gasteiger charge is -2.43. The second-order valence-electron chi connectivity index (χ2n) is 11.4. The summed E-state index contributed by atoms with van der Waals surface area (Å²) in [6.07, 6.45) is -7.72. The third-order valence-electron chi connectivity index (χ3n) is 8.59. The molecule has 2 N–H and O–H groups in total. The lowest BCUT2D eigenvalue weighted by Crippen LogP contribution is -2.46. The molecule has 1 aliphatic carbocycles. The van der Waals surface area contributed by atoms with Gasteiger partial charge in [0.15, 0.2) is 0 Å². The van der Waals surface area contributed by atoms with E-state index in [2.05, 4.69) is 0 Å². The van der Waals surface area contributed by atoms with Gasteiger partial charge in [-0.3, -0.25) is 9.59 Å². The summed E-state index contributed by atoms with van der Waals surface area (Å²) < 4.78 is 92.8. The van der Waals surface area contributed by atoms with E-state index in [1.807, 2.05) is 13.8 Å². The van der Waals surface area contributed by atoms with Crippen LogP contribution in [-0.2, 0) is 33.2 Å². The molecule has 0 radical (unpaired) electrons. The van der Waals surface area contributed by atoms with Crippen molar-refractivity contribution in [3.05, 3.63) is 69.7 Å². The third kappa shape index (κ3) is 6.11. The van der Waals surface area contributed by atoms with Crippen LogP contribution in [0.2, 0.25) is 6.32 Å². The van der Waals surface area contributed by atoms with Gasteiger partial charge in [0.25, 0.3) is 0 Å². The maximum Gasteiger partial charge on any atom is 0.455 e. The summed E-state index contributed by atoms with van der Waals surface area (Å²) in [6, 6.07) is 4.08. The zero-order valence-electron chi connectivity index (χ0n) is 23.8. The Hall–Kier alpha value is -3.36. The third-order valence-corrected chi connectivity index (χ3v) is 8.59. The van der Waals surface area contributed by atoms with Crippen molar-refractivity contribution in [2.75, 3.05) is 4.90 Å². The van der Waals surface area contributed by atoms with Gasteiger partial charge in [-0.05, 0) is 86.8 Å². The molecule has 1 aromatic carbocycles. The van der Waals surface area contributed by atoms with Crippen molar-refractivity contribution in [3.8, 4) is 0 Å². The fraction of sp³-hybridized carbons (Fsp3) is 0.467. The normalized spacial score (nSPS) is 24.7. The predicted octanol–water partition coefficient (Wildman–Crippen LogP) is 6.40. The summed E-state index contributed by atoms with van der Waals surface area (Å²) in [4.78, 5) is 27.8. The number of aliphatic hydroxyl groups is 1. The van der Waals surface area contributed by atoms with Gasteiger partial charge >= 0.3 is 19.5 Å². The van der Waals surface area contributed by atoms with E-state index in [-0.39, 0.29) is 25.4 Å². The van der Waals surface area contributed by atoms with E-state index in [1.54, 1.807) is 18.2 Å². The van der Waals surface area contributed by atoms with Crippen molar-refractivity contribution >= 4 is 30.7 Å². The number of halogens is 6. The molecule has 7 nitrogen and oxygen atoms in total. The van der Waals surface area contributed by atoms with E-state index in [0.717, 1.165) is 16.7 Å². The van der Waals surface area contributed by atoms with Crippen LogP contribution in [0.15, 0.2) is 51.5 Å². The monoisotopic (exact) mass is 625 g/mol. The molecule has 44 heavy (non-hydrogen) atoms. The molecule has 2 aliphatic heterocycles. The molecular formula is C30H30BF6NO6. The van der Waals surface area contributed by atoms with E-state index in [4.69, 9.17) is 9.07 Å². The molecule has 2 saturated heterocycles. The number of carbonyl (C=O) groups is 2. The van der Waals surface area contributed by atoms with E-state index in [1.165, 1.54) is 0 Å². The molecule has 2 amide bonds. The molecule has 236 valence electrons. The van der Waals surface area contributed by atoms with Gasteiger partial charge < -0.3 is 19.2 Å². The van der Waals surface area contributed by atoms with E-state index in [0.29, 0.717) is 47.8 Å². The molecule has 2 fully saturated rings. The van der Waals surface area contributed by atoms with Gasteiger partial charge in [-0.1, -0.05) is 18.1 Å². The second kappa shape index (κ2) is 11.9. The topological polar surface area (TPSA) is 100 Å². The standard InChI is InChI=1S/C30H30BF6NO6/c1-3-16-9-22-26(28(41)38(27(22)40)19-11-17(29(32,33)34)10-18(12-19)30(35,36)37)23-13-31(42)44-24(25(16)23)7-4-15(2)8-20-5-6-21(14-39)43-20/h5-6,8,10-12,22-24,26,39,42H,3-4,7,9,13-14H2,1-2H3/b15-8+/t22-,23+,24-,26-/m1/s1. The van der Waals surface area contributed by atoms with Crippen LogP contribution >= 0.6 is 0 Å². The van der Waals surface area contributed by atoms with Gasteiger partial charge in [0.2, 0.25) is 11.8 Å². The number of furan rings is 1. The Morgan fingerprint density at radius 1 is 1.05 bits per heavy atom. The Morgan fingerprint density at radius 2 is 1.70 bits per heavy atom. The summed E-state index contributed by atoms with van der Waals surface area (Å²) >= 11 is 0. The average Bonchev–Trinajstić information content (AvgIpc) is 3.50. The van der Waals surface area contributed by atoms with E-state index < -0.39 is 72.0 Å². The fourth-order valence-corrected chi connectivity index (χ4v) is 6.66. The highest BCUT2D eigenvalue weighted by Gasteiger charge is 2.57. The van der Waals surface area contributed by atoms with Crippen molar-refractivity contribution < 1.29 is 55.1 Å². The van der Waals surface area contributed by atoms with Crippen LogP contribution in [0.3, 0.4) is 0 Å². The largest absolute Gasteiger partial charge is 0.459 e. The fourth-order valence-electron chi connectivity index (χ4n) is 6.66. The van der Waals surface area contributed by atoms with Crippen LogP contribution < -0.4 is 4.90 Å². The molecular weight excluding hydrogens is 595 g/mol. The van der Waals surface area contributed by atoms with Crippen LogP contribution in [0.4, 0.5) is 32.0 Å². The number of nitrogens with zero attached hydrogens (tertiary/aromatic N) is 1.